The van der Waals surface area contributed by atoms with Crippen molar-refractivity contribution in [3.8, 4) is 5.75 Å². The van der Waals surface area contributed by atoms with Gasteiger partial charge in [0.1, 0.15) is 0 Å². The predicted octanol–water partition coefficient (Wildman–Crippen LogP) is 2.18. The molecule has 1 aliphatic rings. The minimum absolute atomic E-state index is 0.0605. The van der Waals surface area contributed by atoms with E-state index in [1.54, 1.807) is 14.2 Å². The lowest BCUT2D eigenvalue weighted by Gasteiger charge is -2.36. The Bertz CT molecular complexity index is 1150. The van der Waals surface area contributed by atoms with E-state index in [-0.39, 0.29) is 35.6 Å². The molecule has 4 rings (SSSR count). The fourth-order valence-electron chi connectivity index (χ4n) is 4.05. The van der Waals surface area contributed by atoms with E-state index in [1.165, 1.54) is 23.8 Å². The van der Waals surface area contributed by atoms with Crippen LogP contribution in [-0.2, 0) is 16.0 Å². The first-order valence-corrected chi connectivity index (χ1v) is 11.3. The summed E-state index contributed by atoms with van der Waals surface area (Å²) in [6, 6.07) is 3.10. The molecule has 0 unspecified atom stereocenters. The third-order valence-electron chi connectivity index (χ3n) is 6.17. The number of benzene rings is 1. The van der Waals surface area contributed by atoms with Gasteiger partial charge in [0.2, 0.25) is 11.9 Å². The molecule has 2 heterocycles. The van der Waals surface area contributed by atoms with Crippen LogP contribution in [0.4, 0.5) is 10.3 Å². The van der Waals surface area contributed by atoms with Gasteiger partial charge in [0.25, 0.3) is 0 Å². The lowest BCUT2D eigenvalue weighted by Crippen LogP contribution is -2.47. The maximum atomic E-state index is 14.2. The average molecular weight is 476 g/mol. The minimum atomic E-state index is -0.498. The standard InChI is InChI=1S/C21H28FN7O2.C2H6O/c1-11(28(2)20(30)12-7-13(23)8-12)5-4-6-18-26-19-14-9-15(22)17(31-3)10-16(14)25-21(24)29(19)27-18;1-3-2/h9-13H,4-8,23H2,1-3H3,(H2,24,25);1-2H3/t11-,12?,13?;/m0./s1. The number of nitrogens with two attached hydrogens (primary N) is 2. The van der Waals surface area contributed by atoms with Crippen LogP contribution in [0.25, 0.3) is 16.6 Å². The summed E-state index contributed by atoms with van der Waals surface area (Å²) in [5.41, 5.74) is 12.8. The number of rotatable bonds is 7. The number of anilines is 1. The molecule has 1 saturated carbocycles. The highest BCUT2D eigenvalue weighted by molar-refractivity contribution is 5.93. The van der Waals surface area contributed by atoms with Crippen LogP contribution in [-0.4, -0.2) is 70.8 Å². The van der Waals surface area contributed by atoms with E-state index in [0.717, 1.165) is 25.7 Å². The van der Waals surface area contributed by atoms with Gasteiger partial charge in [-0.05, 0) is 38.7 Å². The molecule has 186 valence electrons. The Kier molecular flexibility index (Phi) is 8.21. The lowest BCUT2D eigenvalue weighted by molar-refractivity contribution is -0.139. The van der Waals surface area contributed by atoms with Crippen LogP contribution in [0.15, 0.2) is 12.1 Å². The molecule has 1 amide bonds. The first-order chi connectivity index (χ1) is 16.2. The van der Waals surface area contributed by atoms with Crippen molar-refractivity contribution in [3.63, 3.8) is 0 Å². The van der Waals surface area contributed by atoms with Crippen molar-refractivity contribution in [2.75, 3.05) is 34.1 Å². The maximum Gasteiger partial charge on any atom is 0.225 e. The number of nitrogens with zero attached hydrogens (tertiary/aromatic N) is 5. The van der Waals surface area contributed by atoms with Gasteiger partial charge < -0.3 is 25.8 Å². The Morgan fingerprint density at radius 1 is 1.29 bits per heavy atom. The fourth-order valence-corrected chi connectivity index (χ4v) is 4.05. The van der Waals surface area contributed by atoms with Gasteiger partial charge in [0, 0.05) is 57.1 Å². The first kappa shape index (κ1) is 25.6. The van der Waals surface area contributed by atoms with Gasteiger partial charge in [-0.15, -0.1) is 5.10 Å². The van der Waals surface area contributed by atoms with Crippen LogP contribution in [0.2, 0.25) is 0 Å². The van der Waals surface area contributed by atoms with Gasteiger partial charge >= 0.3 is 0 Å². The number of amides is 1. The summed E-state index contributed by atoms with van der Waals surface area (Å²) in [7, 11) is 6.50. The predicted molar refractivity (Wildman–Crippen MR) is 128 cm³/mol. The van der Waals surface area contributed by atoms with Gasteiger partial charge in [-0.3, -0.25) is 4.79 Å². The first-order valence-electron chi connectivity index (χ1n) is 11.3. The Morgan fingerprint density at radius 3 is 2.59 bits per heavy atom. The zero-order chi connectivity index (χ0) is 25.0. The smallest absolute Gasteiger partial charge is 0.225 e. The van der Waals surface area contributed by atoms with Crippen LogP contribution < -0.4 is 16.2 Å². The van der Waals surface area contributed by atoms with Crippen molar-refractivity contribution in [2.24, 2.45) is 11.7 Å². The van der Waals surface area contributed by atoms with Gasteiger partial charge in [0.05, 0.1) is 12.6 Å². The summed E-state index contributed by atoms with van der Waals surface area (Å²) in [6.45, 7) is 2.04. The summed E-state index contributed by atoms with van der Waals surface area (Å²) in [6.07, 6.45) is 3.78. The van der Waals surface area contributed by atoms with Gasteiger partial charge in [0.15, 0.2) is 23.0 Å². The molecule has 0 aliphatic heterocycles. The number of hydrogen-bond acceptors (Lipinski definition) is 8. The molecule has 10 nitrogen and oxygen atoms in total. The average Bonchev–Trinajstić information content (AvgIpc) is 3.21. The highest BCUT2D eigenvalue weighted by Gasteiger charge is 2.34. The molecule has 11 heteroatoms. The molecule has 0 spiro atoms. The number of hydrogen-bond donors (Lipinski definition) is 2. The Hall–Kier alpha value is -3.05. The number of methoxy groups -OCH3 is 2. The number of carbonyl (C=O) groups excluding carboxylic acids is 1. The topological polar surface area (TPSA) is 134 Å². The largest absolute Gasteiger partial charge is 0.494 e. The minimum Gasteiger partial charge on any atom is -0.494 e. The second kappa shape index (κ2) is 10.9. The molecule has 0 saturated heterocycles. The third-order valence-corrected chi connectivity index (χ3v) is 6.17. The molecule has 1 fully saturated rings. The SMILES string of the molecule is COC.COc1cc2nc(N)n3nc(CCC[C@H](C)N(C)C(=O)C4CC(N)C4)nc3c2cc1F. The molecule has 1 aliphatic carbocycles. The number of aromatic nitrogens is 4. The molecule has 3 aromatic rings. The van der Waals surface area contributed by atoms with Crippen molar-refractivity contribution in [1.82, 2.24) is 24.5 Å². The van der Waals surface area contributed by atoms with Gasteiger partial charge in [-0.2, -0.15) is 4.52 Å². The monoisotopic (exact) mass is 475 g/mol. The van der Waals surface area contributed by atoms with Gasteiger partial charge in [-0.25, -0.2) is 14.4 Å². The molecule has 4 N–H and O–H groups in total. The van der Waals surface area contributed by atoms with E-state index in [1.807, 2.05) is 18.9 Å². The number of halogens is 1. The highest BCUT2D eigenvalue weighted by Crippen LogP contribution is 2.29. The molecule has 34 heavy (non-hydrogen) atoms. The number of carbonyl (C=O) groups is 1. The summed E-state index contributed by atoms with van der Waals surface area (Å²) in [4.78, 5) is 23.2. The number of aryl methyl sites for hydroxylation is 1. The molecule has 0 radical (unpaired) electrons. The lowest BCUT2D eigenvalue weighted by atomic mass is 9.80. The van der Waals surface area contributed by atoms with Crippen molar-refractivity contribution in [1.29, 1.82) is 0 Å². The molecule has 1 atom stereocenters. The van der Waals surface area contributed by atoms with Crippen molar-refractivity contribution >= 4 is 28.4 Å². The van der Waals surface area contributed by atoms with E-state index in [9.17, 15) is 9.18 Å². The number of fused-ring (bicyclic) bond motifs is 3. The molecule has 2 aromatic heterocycles. The quantitative estimate of drug-likeness (QED) is 0.531. The van der Waals surface area contributed by atoms with E-state index >= 15 is 0 Å². The maximum absolute atomic E-state index is 14.2. The molecular formula is C23H34FN7O3. The second-order valence-electron chi connectivity index (χ2n) is 8.76. The fraction of sp³-hybridized carbons (Fsp3) is 0.565. The Balaban J connectivity index is 0.00000103. The zero-order valence-corrected chi connectivity index (χ0v) is 20.4. The van der Waals surface area contributed by atoms with Crippen molar-refractivity contribution < 1.29 is 18.7 Å². The highest BCUT2D eigenvalue weighted by atomic mass is 19.1. The van der Waals surface area contributed by atoms with Crippen LogP contribution in [0.5, 0.6) is 5.75 Å². The summed E-state index contributed by atoms with van der Waals surface area (Å²) in [5.74, 6) is 0.603. The van der Waals surface area contributed by atoms with Crippen LogP contribution >= 0.6 is 0 Å². The molecule has 0 bridgehead atoms. The van der Waals surface area contributed by atoms with Crippen LogP contribution in [0.3, 0.4) is 0 Å². The van der Waals surface area contributed by atoms with E-state index in [0.29, 0.717) is 28.8 Å². The Labute approximate surface area is 198 Å². The normalized spacial score (nSPS) is 18.2. The molecular weight excluding hydrogens is 441 g/mol. The van der Waals surface area contributed by atoms with Crippen molar-refractivity contribution in [3.05, 3.63) is 23.8 Å². The number of nitrogen functional groups attached to an aromatic ring is 1. The number of ether oxygens (including phenoxy) is 2. The zero-order valence-electron chi connectivity index (χ0n) is 20.4. The van der Waals surface area contributed by atoms with E-state index in [4.69, 9.17) is 16.2 Å². The van der Waals surface area contributed by atoms with Crippen molar-refractivity contribution in [2.45, 2.75) is 51.1 Å². The summed E-state index contributed by atoms with van der Waals surface area (Å²) >= 11 is 0. The van der Waals surface area contributed by atoms with E-state index in [2.05, 4.69) is 19.8 Å². The summed E-state index contributed by atoms with van der Waals surface area (Å²) < 4.78 is 24.9. The summed E-state index contributed by atoms with van der Waals surface area (Å²) in [5, 5.41) is 4.96. The third kappa shape index (κ3) is 5.36. The van der Waals surface area contributed by atoms with Crippen LogP contribution in [0.1, 0.15) is 38.4 Å². The Morgan fingerprint density at radius 2 is 1.97 bits per heavy atom. The van der Waals surface area contributed by atoms with Crippen LogP contribution in [0, 0.1) is 11.7 Å². The molecule has 1 aromatic carbocycles. The second-order valence-corrected chi connectivity index (χ2v) is 8.76. The van der Waals surface area contributed by atoms with Gasteiger partial charge in [-0.1, -0.05) is 0 Å². The van der Waals surface area contributed by atoms with E-state index < -0.39 is 5.82 Å².